The first-order valence-electron chi connectivity index (χ1n) is 14.2. The number of nitriles is 1. The van der Waals surface area contributed by atoms with E-state index in [4.69, 9.17) is 20.9 Å². The van der Waals surface area contributed by atoms with Gasteiger partial charge in [-0.2, -0.15) is 10.4 Å². The minimum Gasteiger partial charge on any atom is -0.463 e. The number of anilines is 1. The van der Waals surface area contributed by atoms with Crippen LogP contribution in [0.4, 0.5) is 5.82 Å². The average molecular weight is 557 g/mol. The Balaban J connectivity index is 1.49. The van der Waals surface area contributed by atoms with E-state index in [1.54, 1.807) is 12.1 Å². The van der Waals surface area contributed by atoms with Gasteiger partial charge in [-0.05, 0) is 43.7 Å². The molecule has 12 heteroatoms. The highest BCUT2D eigenvalue weighted by molar-refractivity contribution is 5.71. The largest absolute Gasteiger partial charge is 0.463 e. The van der Waals surface area contributed by atoms with E-state index in [9.17, 15) is 25.1 Å². The van der Waals surface area contributed by atoms with E-state index < -0.39 is 48.3 Å². The van der Waals surface area contributed by atoms with Gasteiger partial charge in [0.1, 0.15) is 36.6 Å². The highest BCUT2D eigenvalue weighted by atomic mass is 16.6. The van der Waals surface area contributed by atoms with Gasteiger partial charge in [-0.25, -0.2) is 9.50 Å². The lowest BCUT2D eigenvalue weighted by molar-refractivity contribution is -0.173. The third kappa shape index (κ3) is 7.27. The van der Waals surface area contributed by atoms with Crippen molar-refractivity contribution in [1.82, 2.24) is 14.6 Å². The van der Waals surface area contributed by atoms with Gasteiger partial charge in [0.15, 0.2) is 11.9 Å². The van der Waals surface area contributed by atoms with Crippen molar-refractivity contribution in [3.05, 3.63) is 24.2 Å². The number of carbonyl (C=O) groups is 2. The number of aliphatic hydroxyl groups excluding tert-OH is 2. The van der Waals surface area contributed by atoms with Crippen LogP contribution in [0.2, 0.25) is 0 Å². The summed E-state index contributed by atoms with van der Waals surface area (Å²) in [6.07, 6.45) is 5.98. The summed E-state index contributed by atoms with van der Waals surface area (Å²) in [4.78, 5) is 29.5. The van der Waals surface area contributed by atoms with Gasteiger partial charge in [0.2, 0.25) is 0 Å². The standard InChI is InChI=1S/C28H40N6O6/c29-15-19(20-9-10-21-27(30)32-17-33-34(20)21)25(38)26(40-23(36)13-18-7-3-1-4-8-18)22(35)16-39-24(37)14-28(31)11-5-2-6-12-28/h9-10,17-19,22,25-26,35,38H,1-8,11-14,16,31H2,(H2,30,32,33)/t19?,22-,25+,26-/m1/s1. The molecule has 4 atom stereocenters. The van der Waals surface area contributed by atoms with Crippen molar-refractivity contribution in [2.75, 3.05) is 12.3 Å². The molecule has 40 heavy (non-hydrogen) atoms. The minimum atomic E-state index is -1.66. The van der Waals surface area contributed by atoms with Crippen LogP contribution < -0.4 is 11.5 Å². The fourth-order valence-electron chi connectivity index (χ4n) is 5.96. The molecule has 2 fully saturated rings. The number of hydrogen-bond donors (Lipinski definition) is 4. The molecule has 2 aliphatic carbocycles. The molecule has 0 saturated heterocycles. The normalized spacial score (nSPS) is 20.6. The van der Waals surface area contributed by atoms with Crippen LogP contribution in [0.1, 0.15) is 88.7 Å². The first kappa shape index (κ1) is 29.7. The fraction of sp³-hybridized carbons (Fsp3) is 0.679. The Morgan fingerprint density at radius 3 is 2.52 bits per heavy atom. The molecule has 0 amide bonds. The monoisotopic (exact) mass is 556 g/mol. The maximum atomic E-state index is 12.9. The molecule has 2 aliphatic rings. The number of hydrogen-bond acceptors (Lipinski definition) is 11. The Kier molecular flexibility index (Phi) is 9.95. The van der Waals surface area contributed by atoms with E-state index in [1.807, 2.05) is 6.07 Å². The second-order valence-electron chi connectivity index (χ2n) is 11.3. The van der Waals surface area contributed by atoms with Crippen molar-refractivity contribution in [3.8, 4) is 6.07 Å². The molecule has 6 N–H and O–H groups in total. The lowest BCUT2D eigenvalue weighted by Gasteiger charge is -2.33. The Bertz CT molecular complexity index is 1200. The molecule has 0 bridgehead atoms. The predicted octanol–water partition coefficient (Wildman–Crippen LogP) is 2.12. The van der Waals surface area contributed by atoms with Gasteiger partial charge in [-0.15, -0.1) is 0 Å². The molecule has 218 valence electrons. The number of ether oxygens (including phenoxy) is 2. The number of nitrogens with two attached hydrogens (primary N) is 2. The lowest BCUT2D eigenvalue weighted by Crippen LogP contribution is -2.47. The van der Waals surface area contributed by atoms with Crippen LogP contribution in [-0.2, 0) is 19.1 Å². The van der Waals surface area contributed by atoms with Crippen LogP contribution in [-0.4, -0.2) is 67.2 Å². The number of nitrogen functional groups attached to an aromatic ring is 1. The minimum absolute atomic E-state index is 0.00645. The number of esters is 2. The summed E-state index contributed by atoms with van der Waals surface area (Å²) in [6, 6.07) is 5.21. The molecular weight excluding hydrogens is 516 g/mol. The molecule has 0 radical (unpaired) electrons. The maximum Gasteiger partial charge on any atom is 0.307 e. The van der Waals surface area contributed by atoms with Crippen LogP contribution in [0.3, 0.4) is 0 Å². The number of rotatable bonds is 11. The first-order valence-corrected chi connectivity index (χ1v) is 14.2. The average Bonchev–Trinajstić information content (AvgIpc) is 3.36. The molecule has 2 aromatic rings. The molecule has 1 unspecified atom stereocenters. The third-order valence-electron chi connectivity index (χ3n) is 8.23. The Morgan fingerprint density at radius 1 is 1.12 bits per heavy atom. The predicted molar refractivity (Wildman–Crippen MR) is 144 cm³/mol. The van der Waals surface area contributed by atoms with E-state index >= 15 is 0 Å². The number of fused-ring (bicyclic) bond motifs is 1. The number of aliphatic hydroxyl groups is 2. The molecule has 2 heterocycles. The number of nitrogens with zero attached hydrogens (tertiary/aromatic N) is 4. The van der Waals surface area contributed by atoms with Gasteiger partial charge >= 0.3 is 11.9 Å². The van der Waals surface area contributed by atoms with E-state index in [-0.39, 0.29) is 30.3 Å². The van der Waals surface area contributed by atoms with Crippen LogP contribution in [0.5, 0.6) is 0 Å². The second-order valence-corrected chi connectivity index (χ2v) is 11.3. The van der Waals surface area contributed by atoms with Crippen LogP contribution >= 0.6 is 0 Å². The van der Waals surface area contributed by atoms with Gasteiger partial charge in [-0.1, -0.05) is 38.5 Å². The van der Waals surface area contributed by atoms with Crippen molar-refractivity contribution in [3.63, 3.8) is 0 Å². The van der Waals surface area contributed by atoms with E-state index in [1.165, 1.54) is 10.8 Å². The molecular formula is C28H40N6O6. The molecule has 2 saturated carbocycles. The van der Waals surface area contributed by atoms with Gasteiger partial charge in [-0.3, -0.25) is 9.59 Å². The van der Waals surface area contributed by atoms with Gasteiger partial charge in [0.25, 0.3) is 0 Å². The SMILES string of the molecule is N#CC(c1ccc2c(N)ncnn12)[C@H](O)[C@H](OC(=O)CC1CCCCC1)[C@H](O)COC(=O)CC1(N)CCCCC1. The quantitative estimate of drug-likeness (QED) is 0.295. The molecule has 0 aliphatic heterocycles. The summed E-state index contributed by atoms with van der Waals surface area (Å²) in [5.41, 5.74) is 12.3. The zero-order chi connectivity index (χ0) is 28.7. The number of carbonyl (C=O) groups excluding carboxylic acids is 2. The zero-order valence-electron chi connectivity index (χ0n) is 22.8. The van der Waals surface area contributed by atoms with Gasteiger partial charge < -0.3 is 31.2 Å². The van der Waals surface area contributed by atoms with Crippen molar-refractivity contribution in [1.29, 1.82) is 5.26 Å². The summed E-state index contributed by atoms with van der Waals surface area (Å²) in [5.74, 6) is -2.08. The summed E-state index contributed by atoms with van der Waals surface area (Å²) in [7, 11) is 0. The molecule has 4 rings (SSSR count). The number of aromatic nitrogens is 3. The van der Waals surface area contributed by atoms with E-state index in [0.29, 0.717) is 18.4 Å². The van der Waals surface area contributed by atoms with Gasteiger partial charge in [0.05, 0.1) is 18.2 Å². The molecule has 0 spiro atoms. The molecule has 2 aromatic heterocycles. The molecule has 12 nitrogen and oxygen atoms in total. The summed E-state index contributed by atoms with van der Waals surface area (Å²) >= 11 is 0. The van der Waals surface area contributed by atoms with Crippen LogP contribution in [0, 0.1) is 17.2 Å². The smallest absolute Gasteiger partial charge is 0.307 e. The van der Waals surface area contributed by atoms with Crippen molar-refractivity contribution < 1.29 is 29.3 Å². The summed E-state index contributed by atoms with van der Waals surface area (Å²) in [5, 5.41) is 36.6. The Hall–Kier alpha value is -3.27. The third-order valence-corrected chi connectivity index (χ3v) is 8.23. The zero-order valence-corrected chi connectivity index (χ0v) is 22.8. The summed E-state index contributed by atoms with van der Waals surface area (Å²) < 4.78 is 12.3. The topological polar surface area (TPSA) is 199 Å². The van der Waals surface area contributed by atoms with Gasteiger partial charge in [0, 0.05) is 12.0 Å². The Morgan fingerprint density at radius 2 is 1.82 bits per heavy atom. The highest BCUT2D eigenvalue weighted by Gasteiger charge is 2.40. The van der Waals surface area contributed by atoms with Crippen molar-refractivity contribution >= 4 is 23.3 Å². The summed E-state index contributed by atoms with van der Waals surface area (Å²) in [6.45, 7) is -0.532. The Labute approximate surface area is 233 Å². The lowest BCUT2D eigenvalue weighted by atomic mass is 9.80. The highest BCUT2D eigenvalue weighted by Crippen LogP contribution is 2.31. The first-order chi connectivity index (χ1) is 19.2. The molecule has 0 aromatic carbocycles. The van der Waals surface area contributed by atoms with Crippen LogP contribution in [0.25, 0.3) is 5.52 Å². The fourth-order valence-corrected chi connectivity index (χ4v) is 5.96. The van der Waals surface area contributed by atoms with Crippen LogP contribution in [0.15, 0.2) is 18.5 Å². The van der Waals surface area contributed by atoms with E-state index in [2.05, 4.69) is 10.1 Å². The second kappa shape index (κ2) is 13.4. The maximum absolute atomic E-state index is 12.9. The van der Waals surface area contributed by atoms with Crippen molar-refractivity contribution in [2.24, 2.45) is 11.7 Å². The van der Waals surface area contributed by atoms with Crippen molar-refractivity contribution in [2.45, 2.75) is 107 Å². The van der Waals surface area contributed by atoms with E-state index in [0.717, 1.165) is 51.4 Å².